The van der Waals surface area contributed by atoms with Crippen molar-refractivity contribution in [2.24, 2.45) is 11.5 Å². The molecule has 0 fully saturated rings. The molecule has 0 aliphatic rings. The van der Waals surface area contributed by atoms with E-state index >= 15 is 0 Å². The van der Waals surface area contributed by atoms with Gasteiger partial charge in [-0.2, -0.15) is 16.8 Å². The second-order valence-electron chi connectivity index (χ2n) is 9.59. The van der Waals surface area contributed by atoms with Gasteiger partial charge in [-0.25, -0.2) is 13.2 Å². The first-order valence-electron chi connectivity index (χ1n) is 12.8. The summed E-state index contributed by atoms with van der Waals surface area (Å²) in [6, 6.07) is 3.86. The molecule has 1 atom stereocenters. The monoisotopic (exact) mass is 668 g/mol. The fourth-order valence-corrected chi connectivity index (χ4v) is 3.61. The molecule has 44 heavy (non-hydrogen) atoms. The first-order valence-corrected chi connectivity index (χ1v) is 16.5. The van der Waals surface area contributed by atoms with Crippen molar-refractivity contribution < 1.29 is 48.3 Å². The molecule has 0 saturated heterocycles. The molecule has 2 aromatic carbocycles. The Morgan fingerprint density at radius 1 is 0.977 bits per heavy atom. The predicted molar refractivity (Wildman–Crippen MR) is 161 cm³/mol. The number of rotatable bonds is 9. The van der Waals surface area contributed by atoms with Crippen LogP contribution in [0, 0.1) is 24.4 Å². The van der Waals surface area contributed by atoms with Crippen molar-refractivity contribution in [3.05, 3.63) is 57.5 Å². The average Bonchev–Trinajstić information content (AvgIpc) is 2.89. The maximum Gasteiger partial charge on any atom is 0.261 e. The SMILES string of the molecule is CS(=O)(=O)O.CS(=O)(=O)O.Cc1c(F)c(N)c2c(=O)cc(-c3ccc(NC(=O)[C@@H](N)CCCCCCN)c(F)c3)oc2c1F. The van der Waals surface area contributed by atoms with E-state index in [0.717, 1.165) is 44.7 Å². The number of hydrogen-bond donors (Lipinski definition) is 6. The summed E-state index contributed by atoms with van der Waals surface area (Å²) in [5.74, 6) is -3.59. The lowest BCUT2D eigenvalue weighted by Gasteiger charge is -2.13. The van der Waals surface area contributed by atoms with E-state index in [-0.39, 0.29) is 17.0 Å². The third-order valence-electron chi connectivity index (χ3n) is 5.63. The van der Waals surface area contributed by atoms with Crippen LogP contribution in [-0.2, 0) is 25.0 Å². The molecule has 0 aliphatic carbocycles. The van der Waals surface area contributed by atoms with Gasteiger partial charge in [-0.15, -0.1) is 0 Å². The molecule has 0 aliphatic heterocycles. The average molecular weight is 669 g/mol. The predicted octanol–water partition coefficient (Wildman–Crippen LogP) is 2.95. The van der Waals surface area contributed by atoms with Crippen LogP contribution in [0.15, 0.2) is 33.5 Å². The van der Waals surface area contributed by atoms with Crippen molar-refractivity contribution in [3.8, 4) is 11.3 Å². The van der Waals surface area contributed by atoms with Crippen LogP contribution in [0.25, 0.3) is 22.3 Å². The summed E-state index contributed by atoms with van der Waals surface area (Å²) in [5, 5.41) is 2.02. The molecule has 3 aromatic rings. The molecule has 1 amide bonds. The number of nitrogens with one attached hydrogen (secondary N) is 1. The number of halogens is 3. The minimum atomic E-state index is -3.67. The summed E-state index contributed by atoms with van der Waals surface area (Å²) < 4.78 is 101. The molecule has 246 valence electrons. The van der Waals surface area contributed by atoms with E-state index in [1.165, 1.54) is 12.1 Å². The molecular weight excluding hydrogens is 633 g/mol. The maximum absolute atomic E-state index is 14.7. The van der Waals surface area contributed by atoms with Crippen LogP contribution in [0.1, 0.15) is 37.7 Å². The Morgan fingerprint density at radius 3 is 2.05 bits per heavy atom. The van der Waals surface area contributed by atoms with E-state index in [4.69, 9.17) is 30.7 Å². The van der Waals surface area contributed by atoms with Crippen LogP contribution in [0.4, 0.5) is 24.5 Å². The zero-order valence-corrected chi connectivity index (χ0v) is 25.7. The minimum absolute atomic E-state index is 0.108. The van der Waals surface area contributed by atoms with Gasteiger partial charge in [0.25, 0.3) is 20.2 Å². The second kappa shape index (κ2) is 16.5. The van der Waals surface area contributed by atoms with Crippen molar-refractivity contribution >= 4 is 48.5 Å². The Labute approximate surface area is 252 Å². The van der Waals surface area contributed by atoms with Gasteiger partial charge in [-0.05, 0) is 44.5 Å². The normalized spacial score (nSPS) is 12.0. The number of anilines is 2. The van der Waals surface area contributed by atoms with E-state index in [1.54, 1.807) is 0 Å². The fourth-order valence-electron chi connectivity index (χ4n) is 3.61. The van der Waals surface area contributed by atoms with Gasteiger partial charge in [-0.3, -0.25) is 18.7 Å². The lowest BCUT2D eigenvalue weighted by atomic mass is 10.1. The molecule has 18 heteroatoms. The summed E-state index contributed by atoms with van der Waals surface area (Å²) in [6.45, 7) is 1.78. The van der Waals surface area contributed by atoms with E-state index in [2.05, 4.69) is 5.32 Å². The summed E-state index contributed by atoms with van der Waals surface area (Å²) in [7, 11) is -7.33. The van der Waals surface area contributed by atoms with Crippen LogP contribution in [0.3, 0.4) is 0 Å². The number of hydrogen-bond acceptors (Lipinski definition) is 10. The molecule has 3 rings (SSSR count). The van der Waals surface area contributed by atoms with Gasteiger partial charge in [0.2, 0.25) is 5.91 Å². The lowest BCUT2D eigenvalue weighted by molar-refractivity contribution is -0.117. The number of nitrogens with two attached hydrogens (primary N) is 3. The van der Waals surface area contributed by atoms with Crippen molar-refractivity contribution in [2.45, 2.75) is 45.1 Å². The van der Waals surface area contributed by atoms with Gasteiger partial charge in [0.15, 0.2) is 22.6 Å². The van der Waals surface area contributed by atoms with Crippen LogP contribution in [0.2, 0.25) is 0 Å². The first kappa shape index (κ1) is 38.5. The number of amides is 1. The van der Waals surface area contributed by atoms with Crippen LogP contribution < -0.4 is 27.9 Å². The number of fused-ring (bicyclic) bond motifs is 1. The molecule has 1 aromatic heterocycles. The Morgan fingerprint density at radius 2 is 1.52 bits per heavy atom. The molecule has 1 heterocycles. The topological polar surface area (TPSA) is 246 Å². The highest BCUT2D eigenvalue weighted by Gasteiger charge is 2.21. The molecular formula is C26H35F3N4O9S2. The minimum Gasteiger partial charge on any atom is -0.453 e. The van der Waals surface area contributed by atoms with Crippen LogP contribution >= 0.6 is 0 Å². The third kappa shape index (κ3) is 13.0. The number of carbonyl (C=O) groups excluding carboxylic acids is 1. The Balaban J connectivity index is 0.000000837. The summed E-state index contributed by atoms with van der Waals surface area (Å²) in [5.41, 5.74) is 14.7. The van der Waals surface area contributed by atoms with Gasteiger partial charge in [-0.1, -0.05) is 19.3 Å². The van der Waals surface area contributed by atoms with E-state index in [9.17, 15) is 39.6 Å². The number of unbranched alkanes of at least 4 members (excludes halogenated alkanes) is 3. The van der Waals surface area contributed by atoms with E-state index in [1.807, 2.05) is 0 Å². The third-order valence-corrected chi connectivity index (χ3v) is 5.63. The van der Waals surface area contributed by atoms with Crippen molar-refractivity contribution in [2.75, 3.05) is 30.1 Å². The zero-order chi connectivity index (χ0) is 34.0. The molecule has 0 radical (unpaired) electrons. The molecule has 0 spiro atoms. The van der Waals surface area contributed by atoms with Gasteiger partial charge in [0, 0.05) is 17.2 Å². The van der Waals surface area contributed by atoms with Gasteiger partial charge in [0.05, 0.1) is 35.3 Å². The standard InChI is InChI=1S/C24H27F3N4O3.2CH4O3S/c1-12-20(26)22(30)19-17(32)11-18(34-23(19)21(12)27)13-7-8-16(14(25)10-13)31-24(33)15(29)6-4-2-3-5-9-28;2*1-5(2,3)4/h7-8,10-11,15H,2-6,9,28-30H2,1H3,(H,31,33);2*1H3,(H,2,3,4)/t15-;;/m0../s1. The summed E-state index contributed by atoms with van der Waals surface area (Å²) >= 11 is 0. The van der Waals surface area contributed by atoms with Crippen molar-refractivity contribution in [3.63, 3.8) is 0 Å². The molecule has 13 nitrogen and oxygen atoms in total. The molecule has 0 bridgehead atoms. The molecule has 0 unspecified atom stereocenters. The number of carbonyl (C=O) groups is 1. The Hall–Kier alpha value is -3.55. The van der Waals surface area contributed by atoms with E-state index < -0.39 is 77.3 Å². The zero-order valence-electron chi connectivity index (χ0n) is 24.1. The smallest absolute Gasteiger partial charge is 0.261 e. The summed E-state index contributed by atoms with van der Waals surface area (Å²) in [4.78, 5) is 24.8. The van der Waals surface area contributed by atoms with Crippen molar-refractivity contribution in [1.82, 2.24) is 0 Å². The fraction of sp³-hybridized carbons (Fsp3) is 0.385. The quantitative estimate of drug-likeness (QED) is 0.109. The number of benzene rings is 2. The highest BCUT2D eigenvalue weighted by molar-refractivity contribution is 7.85. The van der Waals surface area contributed by atoms with Gasteiger partial charge in [0.1, 0.15) is 11.6 Å². The highest BCUT2D eigenvalue weighted by atomic mass is 32.2. The van der Waals surface area contributed by atoms with Gasteiger partial charge < -0.3 is 26.9 Å². The molecule has 9 N–H and O–H groups in total. The van der Waals surface area contributed by atoms with Crippen molar-refractivity contribution in [1.29, 1.82) is 0 Å². The molecule has 0 saturated carbocycles. The lowest BCUT2D eigenvalue weighted by Crippen LogP contribution is -2.35. The maximum atomic E-state index is 14.7. The second-order valence-corrected chi connectivity index (χ2v) is 12.5. The largest absolute Gasteiger partial charge is 0.453 e. The number of nitrogen functional groups attached to an aromatic ring is 1. The highest BCUT2D eigenvalue weighted by Crippen LogP contribution is 2.32. The van der Waals surface area contributed by atoms with E-state index in [0.29, 0.717) is 25.5 Å². The van der Waals surface area contributed by atoms with Gasteiger partial charge >= 0.3 is 0 Å². The van der Waals surface area contributed by atoms with Crippen LogP contribution in [0.5, 0.6) is 0 Å². The Bertz CT molecular complexity index is 1700. The first-order chi connectivity index (χ1) is 20.1. The Kier molecular flexibility index (Phi) is 14.4. The summed E-state index contributed by atoms with van der Waals surface area (Å²) in [6.07, 6.45) is 5.40. The van der Waals surface area contributed by atoms with Crippen LogP contribution in [-0.4, -0.2) is 56.9 Å².